The summed E-state index contributed by atoms with van der Waals surface area (Å²) in [7, 11) is 1.61. The normalized spacial score (nSPS) is 12.7. The first kappa shape index (κ1) is 35.9. The van der Waals surface area contributed by atoms with Gasteiger partial charge in [-0.15, -0.1) is 11.8 Å². The molecule has 7 nitrogen and oxygen atoms in total. The van der Waals surface area contributed by atoms with Crippen LogP contribution in [0, 0.1) is 11.2 Å². The summed E-state index contributed by atoms with van der Waals surface area (Å²) in [6, 6.07) is 28.4. The minimum Gasteiger partial charge on any atom is -0.487 e. The van der Waals surface area contributed by atoms with Crippen molar-refractivity contribution >= 4 is 39.5 Å². The van der Waals surface area contributed by atoms with Gasteiger partial charge in [0.1, 0.15) is 18.2 Å². The number of rotatable bonds is 12. The predicted octanol–water partition coefficient (Wildman–Crippen LogP) is 10.5. The van der Waals surface area contributed by atoms with E-state index >= 15 is 0 Å². The first-order chi connectivity index (χ1) is 24.3. The number of thioether (sulfide) groups is 1. The van der Waals surface area contributed by atoms with Crippen molar-refractivity contribution < 1.29 is 23.8 Å². The Morgan fingerprint density at radius 3 is 2.39 bits per heavy atom. The molecule has 0 amide bonds. The highest BCUT2D eigenvalue weighted by Crippen LogP contribution is 2.50. The van der Waals surface area contributed by atoms with Crippen LogP contribution in [0.25, 0.3) is 33.1 Å². The van der Waals surface area contributed by atoms with Gasteiger partial charge in [-0.2, -0.15) is 0 Å². The molecule has 6 rings (SSSR count). The van der Waals surface area contributed by atoms with Crippen LogP contribution in [0.1, 0.15) is 70.8 Å². The Kier molecular flexibility index (Phi) is 10.1. The van der Waals surface area contributed by atoms with Crippen LogP contribution in [0.5, 0.6) is 11.6 Å². The summed E-state index contributed by atoms with van der Waals surface area (Å²) in [6.45, 7) is 13.0. The van der Waals surface area contributed by atoms with Crippen LogP contribution in [0.3, 0.4) is 0 Å². The largest absolute Gasteiger partial charge is 0.487 e. The lowest BCUT2D eigenvalue weighted by molar-refractivity contribution is -0.148. The average Bonchev–Trinajstić information content (AvgIpc) is 3.37. The fraction of sp³-hybridized carbons (Fsp3) is 0.310. The molecule has 1 unspecified atom stereocenters. The Balaban J connectivity index is 1.44. The maximum Gasteiger partial charge on any atom is 0.309 e. The number of pyridine rings is 2. The number of nitrogens with zero attached hydrogens (tertiary/aromatic N) is 3. The molecular weight excluding hydrogens is 662 g/mol. The van der Waals surface area contributed by atoms with Gasteiger partial charge in [-0.25, -0.2) is 14.4 Å². The van der Waals surface area contributed by atoms with Crippen molar-refractivity contribution in [2.24, 2.45) is 5.41 Å². The summed E-state index contributed by atoms with van der Waals surface area (Å²) < 4.78 is 27.5. The summed E-state index contributed by atoms with van der Waals surface area (Å²) in [5, 5.41) is 12.2. The van der Waals surface area contributed by atoms with E-state index in [1.807, 2.05) is 50.2 Å². The van der Waals surface area contributed by atoms with Crippen LogP contribution >= 0.6 is 11.8 Å². The van der Waals surface area contributed by atoms with Gasteiger partial charge in [0, 0.05) is 55.7 Å². The third-order valence-corrected chi connectivity index (χ3v) is 10.5. The van der Waals surface area contributed by atoms with Gasteiger partial charge in [-0.05, 0) is 74.4 Å². The number of carboxylic acid groups (broad SMARTS) is 1. The van der Waals surface area contributed by atoms with Gasteiger partial charge < -0.3 is 19.1 Å². The molecule has 0 aliphatic heterocycles. The molecule has 1 atom stereocenters. The lowest BCUT2D eigenvalue weighted by Gasteiger charge is -2.32. The molecule has 51 heavy (non-hydrogen) atoms. The van der Waals surface area contributed by atoms with E-state index < -0.39 is 11.4 Å². The molecule has 3 heterocycles. The van der Waals surface area contributed by atoms with E-state index in [0.717, 1.165) is 49.4 Å². The molecule has 0 aliphatic rings. The lowest BCUT2D eigenvalue weighted by atomic mass is 9.75. The molecule has 0 fully saturated rings. The van der Waals surface area contributed by atoms with Crippen molar-refractivity contribution in [2.75, 3.05) is 7.11 Å². The molecule has 0 saturated carbocycles. The van der Waals surface area contributed by atoms with Crippen LogP contribution < -0.4 is 9.47 Å². The number of fused-ring (bicyclic) bond motifs is 2. The number of aliphatic carboxylic acids is 1. The first-order valence-corrected chi connectivity index (χ1v) is 18.0. The molecule has 3 aromatic carbocycles. The van der Waals surface area contributed by atoms with Gasteiger partial charge in [0.05, 0.1) is 29.4 Å². The number of aromatic nitrogens is 3. The Hall–Kier alpha value is -4.89. The molecule has 0 radical (unpaired) electrons. The predicted molar refractivity (Wildman–Crippen MR) is 203 cm³/mol. The smallest absolute Gasteiger partial charge is 0.309 e. The second-order valence-corrected chi connectivity index (χ2v) is 16.2. The molecule has 9 heteroatoms. The topological polar surface area (TPSA) is 86.5 Å². The minimum atomic E-state index is -1.03. The molecule has 1 N–H and O–H groups in total. The Labute approximate surface area is 302 Å². The van der Waals surface area contributed by atoms with E-state index in [1.165, 1.54) is 12.1 Å². The van der Waals surface area contributed by atoms with Crippen molar-refractivity contribution in [1.29, 1.82) is 0 Å². The van der Waals surface area contributed by atoms with Crippen molar-refractivity contribution in [1.82, 2.24) is 14.5 Å². The highest BCUT2D eigenvalue weighted by atomic mass is 32.2. The summed E-state index contributed by atoms with van der Waals surface area (Å²) in [6.07, 6.45) is 0.647. The highest BCUT2D eigenvalue weighted by molar-refractivity contribution is 8.00. The number of hydrogen-bond acceptors (Lipinski definition) is 6. The Morgan fingerprint density at radius 2 is 1.71 bits per heavy atom. The number of carboxylic acids is 1. The molecule has 264 valence electrons. The quantitative estimate of drug-likeness (QED) is 0.127. The number of ether oxygens (including phenoxy) is 2. The SMILES string of the molecule is CCC(c1c(SC(C)(C)C)c2cc(OCc3ccc4cc(F)ccc4n3)ccc2n1Cc1ccc(-c2cccc(OC)n2)cc1)C(C)(C)C(=O)O. The number of hydrogen-bond donors (Lipinski definition) is 1. The van der Waals surface area contributed by atoms with Gasteiger partial charge >= 0.3 is 5.97 Å². The number of carbonyl (C=O) groups is 1. The van der Waals surface area contributed by atoms with Crippen molar-refractivity contribution in [3.63, 3.8) is 0 Å². The van der Waals surface area contributed by atoms with Gasteiger partial charge in [0.15, 0.2) is 0 Å². The Bertz CT molecular complexity index is 2210. The van der Waals surface area contributed by atoms with Gasteiger partial charge in [-0.1, -0.05) is 64.1 Å². The van der Waals surface area contributed by atoms with Gasteiger partial charge in [0.25, 0.3) is 0 Å². The van der Waals surface area contributed by atoms with Gasteiger partial charge in [0.2, 0.25) is 5.88 Å². The van der Waals surface area contributed by atoms with E-state index in [4.69, 9.17) is 9.47 Å². The zero-order valence-corrected chi connectivity index (χ0v) is 31.0. The summed E-state index contributed by atoms with van der Waals surface area (Å²) in [5.74, 6) is -0.157. The molecule has 3 aromatic heterocycles. The highest BCUT2D eigenvalue weighted by Gasteiger charge is 2.41. The average molecular weight is 706 g/mol. The van der Waals surface area contributed by atoms with Crippen LogP contribution in [0.4, 0.5) is 4.39 Å². The van der Waals surface area contributed by atoms with Crippen LogP contribution in [-0.2, 0) is 17.9 Å². The van der Waals surface area contributed by atoms with E-state index in [2.05, 4.69) is 78.6 Å². The maximum absolute atomic E-state index is 13.7. The molecule has 0 aliphatic carbocycles. The first-order valence-electron chi connectivity index (χ1n) is 17.1. The van der Waals surface area contributed by atoms with Crippen molar-refractivity contribution in [3.05, 3.63) is 114 Å². The van der Waals surface area contributed by atoms with E-state index in [1.54, 1.807) is 24.9 Å². The second kappa shape index (κ2) is 14.4. The maximum atomic E-state index is 13.7. The fourth-order valence-electron chi connectivity index (χ4n) is 6.57. The number of halogens is 1. The Morgan fingerprint density at radius 1 is 0.941 bits per heavy atom. The van der Waals surface area contributed by atoms with Crippen LogP contribution in [-0.4, -0.2) is 37.5 Å². The van der Waals surface area contributed by atoms with Crippen molar-refractivity contribution in [2.45, 2.75) is 76.7 Å². The second-order valence-electron chi connectivity index (χ2n) is 14.4. The number of methoxy groups -OCH3 is 1. The summed E-state index contributed by atoms with van der Waals surface area (Å²) in [4.78, 5) is 23.1. The molecule has 0 bridgehead atoms. The molecular formula is C42H44FN3O4S. The fourth-order valence-corrected chi connectivity index (χ4v) is 7.81. The third kappa shape index (κ3) is 7.73. The zero-order valence-electron chi connectivity index (χ0n) is 30.2. The lowest BCUT2D eigenvalue weighted by Crippen LogP contribution is -2.33. The van der Waals surface area contributed by atoms with E-state index in [0.29, 0.717) is 30.1 Å². The van der Waals surface area contributed by atoms with E-state index in [-0.39, 0.29) is 23.1 Å². The molecule has 6 aromatic rings. The van der Waals surface area contributed by atoms with Crippen molar-refractivity contribution in [3.8, 4) is 22.9 Å². The van der Waals surface area contributed by atoms with Crippen LogP contribution in [0.2, 0.25) is 0 Å². The zero-order chi connectivity index (χ0) is 36.5. The monoisotopic (exact) mass is 705 g/mol. The standard InChI is InChI=1S/C42H44FN3O4S/c1-8-33(42(5,6)40(47)48)38-39(51-41(2,3)4)32-23-31(50-25-30-18-16-28-22-29(43)17-20-35(28)44-30)19-21-36(32)46(38)24-26-12-14-27(15-13-26)34-10-9-11-37(45-34)49-7/h9-23,33H,8,24-25H2,1-7H3,(H,47,48). The molecule has 0 saturated heterocycles. The summed E-state index contributed by atoms with van der Waals surface area (Å²) >= 11 is 1.76. The third-order valence-electron chi connectivity index (χ3n) is 9.21. The molecule has 0 spiro atoms. The minimum absolute atomic E-state index is 0.156. The number of benzene rings is 3. The van der Waals surface area contributed by atoms with E-state index in [9.17, 15) is 14.3 Å². The van der Waals surface area contributed by atoms with Gasteiger partial charge in [-0.3, -0.25) is 4.79 Å². The van der Waals surface area contributed by atoms with Crippen LogP contribution in [0.15, 0.2) is 95.9 Å². The summed E-state index contributed by atoms with van der Waals surface area (Å²) in [5.41, 5.74) is 5.32.